The Morgan fingerprint density at radius 3 is 2.29 bits per heavy atom. The molecular formula is C14H21N3. The minimum Gasteiger partial charge on any atom is -0.398 e. The van der Waals surface area contributed by atoms with Crippen LogP contribution in [0.2, 0.25) is 0 Å². The minimum atomic E-state index is 0.867. The fourth-order valence-electron chi connectivity index (χ4n) is 2.19. The summed E-state index contributed by atoms with van der Waals surface area (Å²) in [4.78, 5) is 7.00. The van der Waals surface area contributed by atoms with E-state index in [0.717, 1.165) is 28.9 Å². The molecule has 0 amide bonds. The smallest absolute Gasteiger partial charge is 0.130 e. The zero-order chi connectivity index (χ0) is 11.8. The summed E-state index contributed by atoms with van der Waals surface area (Å²) in [6.45, 7) is 4.36. The van der Waals surface area contributed by atoms with E-state index in [1.165, 1.54) is 38.8 Å². The molecular weight excluding hydrogens is 210 g/mol. The average molecular weight is 231 g/mol. The van der Waals surface area contributed by atoms with E-state index in [1.54, 1.807) is 0 Å². The number of nitrogens with two attached hydrogens (primary N) is 1. The van der Waals surface area contributed by atoms with Crippen molar-refractivity contribution in [1.82, 2.24) is 4.98 Å². The van der Waals surface area contributed by atoms with Gasteiger partial charge in [-0.3, -0.25) is 0 Å². The number of hydrogen-bond donors (Lipinski definition) is 1. The Labute approximate surface area is 103 Å². The second kappa shape index (κ2) is 4.21. The lowest BCUT2D eigenvalue weighted by Crippen LogP contribution is -2.29. The topological polar surface area (TPSA) is 42.2 Å². The summed E-state index contributed by atoms with van der Waals surface area (Å²) in [6.07, 6.45) is 7.47. The van der Waals surface area contributed by atoms with Gasteiger partial charge in [-0.05, 0) is 50.0 Å². The van der Waals surface area contributed by atoms with Crippen LogP contribution in [0.15, 0.2) is 12.3 Å². The highest BCUT2D eigenvalue weighted by Crippen LogP contribution is 2.35. The molecule has 1 aromatic heterocycles. The Morgan fingerprint density at radius 2 is 1.82 bits per heavy atom. The second-order valence-electron chi connectivity index (χ2n) is 5.69. The van der Waals surface area contributed by atoms with Crippen molar-refractivity contribution in [3.63, 3.8) is 0 Å². The van der Waals surface area contributed by atoms with Crippen molar-refractivity contribution in [2.45, 2.75) is 32.6 Å². The molecule has 2 aliphatic rings. The van der Waals surface area contributed by atoms with Gasteiger partial charge in [0.25, 0.3) is 0 Å². The standard InChI is InChI=1S/C14H21N3/c1-10-7-16-14(6-13(10)15)17(8-11-2-3-11)9-12-4-5-12/h6-7,11-12H,2-5,8-9H2,1H3,(H2,15,16). The number of aryl methyl sites for hydroxylation is 1. The van der Waals surface area contributed by atoms with Crippen LogP contribution in [0.5, 0.6) is 0 Å². The molecule has 2 N–H and O–H groups in total. The highest BCUT2D eigenvalue weighted by molar-refractivity contribution is 5.54. The molecule has 3 rings (SSSR count). The number of nitrogens with zero attached hydrogens (tertiary/aromatic N) is 2. The van der Waals surface area contributed by atoms with Gasteiger partial charge in [0.05, 0.1) is 0 Å². The van der Waals surface area contributed by atoms with E-state index in [0.29, 0.717) is 0 Å². The molecule has 3 heteroatoms. The van der Waals surface area contributed by atoms with Crippen LogP contribution in [0.4, 0.5) is 11.5 Å². The van der Waals surface area contributed by atoms with Gasteiger partial charge in [0.1, 0.15) is 5.82 Å². The van der Waals surface area contributed by atoms with Crippen molar-refractivity contribution in [3.05, 3.63) is 17.8 Å². The molecule has 0 unspecified atom stereocenters. The average Bonchev–Trinajstić information content (AvgIpc) is 3.15. The fraction of sp³-hybridized carbons (Fsp3) is 0.643. The third-order valence-corrected chi connectivity index (χ3v) is 3.81. The quantitative estimate of drug-likeness (QED) is 0.847. The van der Waals surface area contributed by atoms with Gasteiger partial charge in [-0.25, -0.2) is 4.98 Å². The van der Waals surface area contributed by atoms with Crippen molar-refractivity contribution in [2.75, 3.05) is 23.7 Å². The maximum Gasteiger partial charge on any atom is 0.130 e. The number of rotatable bonds is 5. The van der Waals surface area contributed by atoms with E-state index in [4.69, 9.17) is 5.73 Å². The highest BCUT2D eigenvalue weighted by Gasteiger charge is 2.29. The molecule has 2 fully saturated rings. The number of aromatic nitrogens is 1. The van der Waals surface area contributed by atoms with E-state index in [-0.39, 0.29) is 0 Å². The van der Waals surface area contributed by atoms with Gasteiger partial charge in [0.2, 0.25) is 0 Å². The Balaban J connectivity index is 1.76. The molecule has 0 radical (unpaired) electrons. The van der Waals surface area contributed by atoms with Gasteiger partial charge in [-0.2, -0.15) is 0 Å². The van der Waals surface area contributed by atoms with Gasteiger partial charge in [-0.15, -0.1) is 0 Å². The van der Waals surface area contributed by atoms with Gasteiger partial charge < -0.3 is 10.6 Å². The third kappa shape index (κ3) is 2.71. The van der Waals surface area contributed by atoms with Gasteiger partial charge in [0.15, 0.2) is 0 Å². The maximum atomic E-state index is 5.98. The molecule has 3 nitrogen and oxygen atoms in total. The van der Waals surface area contributed by atoms with E-state index < -0.39 is 0 Å². The monoisotopic (exact) mass is 231 g/mol. The molecule has 1 aromatic rings. The molecule has 2 aliphatic carbocycles. The van der Waals surface area contributed by atoms with E-state index in [2.05, 4.69) is 9.88 Å². The Kier molecular flexibility index (Phi) is 2.69. The summed E-state index contributed by atoms with van der Waals surface area (Å²) in [5, 5.41) is 0. The molecule has 0 saturated heterocycles. The number of nitrogen functional groups attached to an aromatic ring is 1. The van der Waals surface area contributed by atoms with Gasteiger partial charge in [0, 0.05) is 31.0 Å². The first-order valence-corrected chi connectivity index (χ1v) is 6.69. The summed E-state index contributed by atoms with van der Waals surface area (Å²) in [5.74, 6) is 2.88. The zero-order valence-corrected chi connectivity index (χ0v) is 10.5. The maximum absolute atomic E-state index is 5.98. The first kappa shape index (κ1) is 10.9. The molecule has 2 saturated carbocycles. The van der Waals surface area contributed by atoms with Crippen LogP contribution in [0.25, 0.3) is 0 Å². The van der Waals surface area contributed by atoms with E-state index in [1.807, 2.05) is 19.2 Å². The molecule has 92 valence electrons. The lowest BCUT2D eigenvalue weighted by molar-refractivity contribution is 0.671. The van der Waals surface area contributed by atoms with Crippen LogP contribution in [0.3, 0.4) is 0 Å². The first-order valence-electron chi connectivity index (χ1n) is 6.69. The largest absolute Gasteiger partial charge is 0.398 e. The summed E-state index contributed by atoms with van der Waals surface area (Å²) >= 11 is 0. The predicted molar refractivity (Wildman–Crippen MR) is 71.0 cm³/mol. The van der Waals surface area contributed by atoms with Crippen molar-refractivity contribution < 1.29 is 0 Å². The molecule has 0 bridgehead atoms. The van der Waals surface area contributed by atoms with Gasteiger partial charge >= 0.3 is 0 Å². The normalized spacial score (nSPS) is 19.4. The first-order chi connectivity index (χ1) is 8.22. The summed E-state index contributed by atoms with van der Waals surface area (Å²) in [5.41, 5.74) is 7.93. The lowest BCUT2D eigenvalue weighted by Gasteiger charge is -2.24. The molecule has 1 heterocycles. The van der Waals surface area contributed by atoms with Crippen molar-refractivity contribution in [2.24, 2.45) is 11.8 Å². The molecule has 17 heavy (non-hydrogen) atoms. The Morgan fingerprint density at radius 1 is 1.24 bits per heavy atom. The molecule has 0 atom stereocenters. The van der Waals surface area contributed by atoms with Crippen LogP contribution < -0.4 is 10.6 Å². The van der Waals surface area contributed by atoms with Crippen LogP contribution in [0.1, 0.15) is 31.2 Å². The van der Waals surface area contributed by atoms with E-state index in [9.17, 15) is 0 Å². The van der Waals surface area contributed by atoms with Gasteiger partial charge in [-0.1, -0.05) is 0 Å². The number of anilines is 2. The lowest BCUT2D eigenvalue weighted by atomic mass is 10.2. The third-order valence-electron chi connectivity index (χ3n) is 3.81. The van der Waals surface area contributed by atoms with Crippen LogP contribution in [-0.2, 0) is 0 Å². The van der Waals surface area contributed by atoms with Crippen LogP contribution >= 0.6 is 0 Å². The van der Waals surface area contributed by atoms with Crippen LogP contribution in [-0.4, -0.2) is 18.1 Å². The fourth-order valence-corrected chi connectivity index (χ4v) is 2.19. The molecule has 0 aliphatic heterocycles. The SMILES string of the molecule is Cc1cnc(N(CC2CC2)CC2CC2)cc1N. The Hall–Kier alpha value is -1.25. The van der Waals surface area contributed by atoms with E-state index >= 15 is 0 Å². The summed E-state index contributed by atoms with van der Waals surface area (Å²) < 4.78 is 0. The number of pyridine rings is 1. The highest BCUT2D eigenvalue weighted by atomic mass is 15.2. The van der Waals surface area contributed by atoms with Crippen molar-refractivity contribution >= 4 is 11.5 Å². The number of hydrogen-bond acceptors (Lipinski definition) is 3. The summed E-state index contributed by atoms with van der Waals surface area (Å²) in [7, 11) is 0. The zero-order valence-electron chi connectivity index (χ0n) is 10.5. The van der Waals surface area contributed by atoms with Crippen LogP contribution in [0, 0.1) is 18.8 Å². The molecule has 0 aromatic carbocycles. The molecule has 0 spiro atoms. The van der Waals surface area contributed by atoms with Crippen molar-refractivity contribution in [1.29, 1.82) is 0 Å². The predicted octanol–water partition coefficient (Wildman–Crippen LogP) is 2.60. The summed E-state index contributed by atoms with van der Waals surface area (Å²) in [6, 6.07) is 2.04. The second-order valence-corrected chi connectivity index (χ2v) is 5.69. The minimum absolute atomic E-state index is 0.867. The Bertz CT molecular complexity index is 394. The van der Waals surface area contributed by atoms with Crippen molar-refractivity contribution in [3.8, 4) is 0 Å².